The zero-order chi connectivity index (χ0) is 21.9. The predicted octanol–water partition coefficient (Wildman–Crippen LogP) is 3.99. The fourth-order valence-electron chi connectivity index (χ4n) is 3.49. The summed E-state index contributed by atoms with van der Waals surface area (Å²) >= 11 is 0. The van der Waals surface area contributed by atoms with Crippen LogP contribution in [-0.2, 0) is 14.8 Å². The lowest BCUT2D eigenvalue weighted by atomic mass is 10.0. The smallest absolute Gasteiger partial charge is 0.410 e. The number of hydrogen-bond acceptors (Lipinski definition) is 5. The van der Waals surface area contributed by atoms with Gasteiger partial charge in [-0.3, -0.25) is 4.31 Å². The van der Waals surface area contributed by atoms with Crippen molar-refractivity contribution in [3.8, 4) is 5.75 Å². The van der Waals surface area contributed by atoms with Crippen molar-refractivity contribution in [2.75, 3.05) is 17.4 Å². The normalized spacial score (nSPS) is 15.6. The molecular weight excluding hydrogens is 404 g/mol. The molecule has 1 heterocycles. The summed E-state index contributed by atoms with van der Waals surface area (Å²) in [5, 5.41) is 10.4. The summed E-state index contributed by atoms with van der Waals surface area (Å²) in [7, 11) is -3.90. The van der Waals surface area contributed by atoms with Crippen LogP contribution < -0.4 is 4.31 Å². The molecule has 1 aliphatic rings. The monoisotopic (exact) mass is 432 g/mol. The van der Waals surface area contributed by atoms with Crippen molar-refractivity contribution >= 4 is 21.8 Å². The number of nitrogens with zero attached hydrogens (tertiary/aromatic N) is 2. The highest BCUT2D eigenvalue weighted by atomic mass is 32.2. The Labute approximate surface area is 177 Å². The second-order valence-corrected chi connectivity index (χ2v) is 10.1. The maximum Gasteiger partial charge on any atom is 0.410 e. The van der Waals surface area contributed by atoms with Crippen molar-refractivity contribution in [3.63, 3.8) is 0 Å². The van der Waals surface area contributed by atoms with E-state index in [0.29, 0.717) is 25.9 Å². The van der Waals surface area contributed by atoms with E-state index >= 15 is 0 Å². The zero-order valence-corrected chi connectivity index (χ0v) is 18.3. The third kappa shape index (κ3) is 4.87. The predicted molar refractivity (Wildman–Crippen MR) is 115 cm³/mol. The molecule has 0 spiro atoms. The number of hydrogen-bond donors (Lipinski definition) is 1. The van der Waals surface area contributed by atoms with Crippen LogP contribution in [0.15, 0.2) is 59.5 Å². The van der Waals surface area contributed by atoms with Gasteiger partial charge in [-0.1, -0.05) is 30.3 Å². The first-order valence-electron chi connectivity index (χ1n) is 9.95. The number of ether oxygens (including phenoxy) is 1. The number of para-hydroxylation sites is 2. The Hall–Kier alpha value is -2.74. The summed E-state index contributed by atoms with van der Waals surface area (Å²) in [6.45, 7) is 6.17. The fourth-order valence-corrected chi connectivity index (χ4v) is 5.23. The van der Waals surface area contributed by atoms with E-state index in [9.17, 15) is 18.3 Å². The van der Waals surface area contributed by atoms with E-state index in [2.05, 4.69) is 0 Å². The molecule has 0 atom stereocenters. The van der Waals surface area contributed by atoms with Gasteiger partial charge in [-0.25, -0.2) is 13.2 Å². The van der Waals surface area contributed by atoms with Gasteiger partial charge < -0.3 is 14.7 Å². The van der Waals surface area contributed by atoms with E-state index < -0.39 is 27.8 Å². The summed E-state index contributed by atoms with van der Waals surface area (Å²) in [4.78, 5) is 14.1. The first-order valence-corrected chi connectivity index (χ1v) is 11.4. The largest absolute Gasteiger partial charge is 0.506 e. The number of likely N-dealkylation sites (tertiary alicyclic amines) is 1. The van der Waals surface area contributed by atoms with Crippen LogP contribution in [0.5, 0.6) is 5.75 Å². The van der Waals surface area contributed by atoms with Crippen molar-refractivity contribution in [2.45, 2.75) is 50.2 Å². The van der Waals surface area contributed by atoms with Crippen LogP contribution in [0.1, 0.15) is 33.6 Å². The van der Waals surface area contributed by atoms with E-state index in [-0.39, 0.29) is 16.3 Å². The van der Waals surface area contributed by atoms with Gasteiger partial charge in [0.15, 0.2) is 0 Å². The SMILES string of the molecule is CC(C)(C)OC(=O)N1CCC(N(c2ccccc2O)S(=O)(=O)c2ccccc2)CC1. The molecule has 1 aliphatic heterocycles. The van der Waals surface area contributed by atoms with Gasteiger partial charge in [0.1, 0.15) is 11.4 Å². The molecule has 1 N–H and O–H groups in total. The molecule has 2 aromatic rings. The minimum Gasteiger partial charge on any atom is -0.506 e. The van der Waals surface area contributed by atoms with Crippen molar-refractivity contribution in [2.24, 2.45) is 0 Å². The highest BCUT2D eigenvalue weighted by Gasteiger charge is 2.37. The average Bonchev–Trinajstić information content (AvgIpc) is 2.69. The quantitative estimate of drug-likeness (QED) is 0.789. The number of phenolic OH excluding ortho intramolecular Hbond substituents is 1. The highest BCUT2D eigenvalue weighted by molar-refractivity contribution is 7.92. The summed E-state index contributed by atoms with van der Waals surface area (Å²) < 4.78 is 33.7. The van der Waals surface area contributed by atoms with Crippen molar-refractivity contribution < 1.29 is 23.1 Å². The van der Waals surface area contributed by atoms with Gasteiger partial charge >= 0.3 is 6.09 Å². The Morgan fingerprint density at radius 3 is 2.17 bits per heavy atom. The molecular formula is C22H28N2O5S. The zero-order valence-electron chi connectivity index (χ0n) is 17.5. The van der Waals surface area contributed by atoms with Crippen LogP contribution in [0.4, 0.5) is 10.5 Å². The first-order chi connectivity index (χ1) is 14.1. The average molecular weight is 433 g/mol. The summed E-state index contributed by atoms with van der Waals surface area (Å²) in [5.74, 6) is -0.105. The molecule has 2 aromatic carbocycles. The minimum absolute atomic E-state index is 0.105. The molecule has 0 saturated carbocycles. The molecule has 7 nitrogen and oxygen atoms in total. The Kier molecular flexibility index (Phi) is 6.26. The Morgan fingerprint density at radius 2 is 1.60 bits per heavy atom. The van der Waals surface area contributed by atoms with Crippen molar-refractivity contribution in [3.05, 3.63) is 54.6 Å². The summed E-state index contributed by atoms with van der Waals surface area (Å²) in [5.41, 5.74) is -0.357. The highest BCUT2D eigenvalue weighted by Crippen LogP contribution is 2.36. The number of carbonyl (C=O) groups excluding carboxylic acids is 1. The minimum atomic E-state index is -3.90. The molecule has 0 bridgehead atoms. The maximum atomic E-state index is 13.5. The maximum absolute atomic E-state index is 13.5. The molecule has 3 rings (SSSR count). The van der Waals surface area contributed by atoms with Gasteiger partial charge in [-0.15, -0.1) is 0 Å². The molecule has 8 heteroatoms. The number of anilines is 1. The van der Waals surface area contributed by atoms with Crippen molar-refractivity contribution in [1.82, 2.24) is 4.90 Å². The molecule has 1 amide bonds. The number of sulfonamides is 1. The number of amides is 1. The second kappa shape index (κ2) is 8.55. The van der Waals surface area contributed by atoms with Gasteiger partial charge in [-0.2, -0.15) is 0 Å². The Bertz CT molecular complexity index is 978. The standard InChI is InChI=1S/C22H28N2O5S/c1-22(2,3)29-21(26)23-15-13-17(14-16-23)24(19-11-7-8-12-20(19)25)30(27,28)18-9-5-4-6-10-18/h4-12,17,25H,13-16H2,1-3H3. The lowest BCUT2D eigenvalue weighted by Crippen LogP contribution is -2.49. The van der Waals surface area contributed by atoms with Crippen LogP contribution in [0.3, 0.4) is 0 Å². The fraction of sp³-hybridized carbons (Fsp3) is 0.409. The van der Waals surface area contributed by atoms with Gasteiger partial charge in [0.2, 0.25) is 0 Å². The first kappa shape index (κ1) is 22.0. The number of phenols is 1. The number of benzene rings is 2. The van der Waals surface area contributed by atoms with Crippen LogP contribution in [-0.4, -0.2) is 49.2 Å². The molecule has 0 radical (unpaired) electrons. The molecule has 0 unspecified atom stereocenters. The molecule has 0 aliphatic carbocycles. The van der Waals surface area contributed by atoms with Gasteiger partial charge in [-0.05, 0) is 57.9 Å². The number of piperidine rings is 1. The summed E-state index contributed by atoms with van der Waals surface area (Å²) in [6.07, 6.45) is 0.459. The third-order valence-electron chi connectivity index (χ3n) is 4.87. The Morgan fingerprint density at radius 1 is 1.03 bits per heavy atom. The van der Waals surface area contributed by atoms with Gasteiger partial charge in [0.25, 0.3) is 10.0 Å². The number of carbonyl (C=O) groups is 1. The molecule has 1 saturated heterocycles. The molecule has 30 heavy (non-hydrogen) atoms. The van der Waals surface area contributed by atoms with E-state index in [4.69, 9.17) is 4.74 Å². The second-order valence-electron chi connectivity index (χ2n) is 8.30. The molecule has 0 aromatic heterocycles. The van der Waals surface area contributed by atoms with E-state index in [1.807, 2.05) is 20.8 Å². The Balaban J connectivity index is 1.88. The van der Waals surface area contributed by atoms with E-state index in [1.54, 1.807) is 41.3 Å². The van der Waals surface area contributed by atoms with E-state index in [1.165, 1.54) is 22.5 Å². The molecule has 1 fully saturated rings. The van der Waals surface area contributed by atoms with Crippen molar-refractivity contribution in [1.29, 1.82) is 0 Å². The third-order valence-corrected chi connectivity index (χ3v) is 6.75. The number of rotatable bonds is 4. The van der Waals surface area contributed by atoms with Crippen LogP contribution >= 0.6 is 0 Å². The van der Waals surface area contributed by atoms with Gasteiger partial charge in [0, 0.05) is 19.1 Å². The summed E-state index contributed by atoms with van der Waals surface area (Å²) in [6, 6.07) is 14.2. The van der Waals surface area contributed by atoms with Crippen LogP contribution in [0.25, 0.3) is 0 Å². The van der Waals surface area contributed by atoms with Crippen LogP contribution in [0.2, 0.25) is 0 Å². The van der Waals surface area contributed by atoms with E-state index in [0.717, 1.165) is 0 Å². The molecule has 162 valence electrons. The van der Waals surface area contributed by atoms with Crippen LogP contribution in [0, 0.1) is 0 Å². The lowest BCUT2D eigenvalue weighted by molar-refractivity contribution is 0.0207. The topological polar surface area (TPSA) is 87.2 Å². The van der Waals surface area contributed by atoms with Gasteiger partial charge in [0.05, 0.1) is 10.6 Å². The number of aromatic hydroxyl groups is 1. The lowest BCUT2D eigenvalue weighted by Gasteiger charge is -2.39.